The molecule has 316 valence electrons. The van der Waals surface area contributed by atoms with E-state index in [1.165, 1.54) is 32.9 Å². The van der Waals surface area contributed by atoms with Crippen molar-refractivity contribution < 1.29 is 45.5 Å². The number of nitrogens with zero attached hydrogens (tertiary/aromatic N) is 4. The number of benzene rings is 4. The highest BCUT2D eigenvalue weighted by atomic mass is 35.5. The summed E-state index contributed by atoms with van der Waals surface area (Å²) in [5.41, 5.74) is 5.37. The number of carboxylic acids is 2. The van der Waals surface area contributed by atoms with Crippen LogP contribution in [0.15, 0.2) is 92.6 Å². The third-order valence-electron chi connectivity index (χ3n) is 10.6. The summed E-state index contributed by atoms with van der Waals surface area (Å²) in [6.45, 7) is 7.20. The molecule has 4 aromatic carbocycles. The van der Waals surface area contributed by atoms with Gasteiger partial charge in [-0.1, -0.05) is 46.9 Å². The third kappa shape index (κ3) is 8.96. The normalized spacial score (nSPS) is 15.6. The van der Waals surface area contributed by atoms with Gasteiger partial charge in [-0.25, -0.2) is 26.4 Å². The van der Waals surface area contributed by atoms with Crippen molar-refractivity contribution in [3.05, 3.63) is 122 Å². The lowest BCUT2D eigenvalue weighted by molar-refractivity contribution is 0.0655. The minimum Gasteiger partial charge on any atom is -0.475 e. The molecule has 60 heavy (non-hydrogen) atoms. The second-order valence-corrected chi connectivity index (χ2v) is 19.5. The molecule has 0 radical (unpaired) electrons. The molecule has 0 atom stereocenters. The molecule has 4 heterocycles. The first-order valence-corrected chi connectivity index (χ1v) is 22.8. The van der Waals surface area contributed by atoms with E-state index in [4.69, 9.17) is 53.9 Å². The Morgan fingerprint density at radius 2 is 1.10 bits per heavy atom. The SMILES string of the molecule is Cc1c(N2CCN(S(=O)(=O)Cc3cccc(Cl)c3)CC2)ccc2oc(C(=O)O)cc12.Cc1c(N2CCN(S(=O)(=O)c3cc(Cl)ccc3Cl)CC2)ccc2oc(C(=O)O)cc12. The highest BCUT2D eigenvalue weighted by Crippen LogP contribution is 2.34. The van der Waals surface area contributed by atoms with Gasteiger partial charge in [0.05, 0.1) is 10.8 Å². The van der Waals surface area contributed by atoms with Gasteiger partial charge in [-0.05, 0) is 97.3 Å². The molecule has 6 aromatic rings. The van der Waals surface area contributed by atoms with E-state index in [1.54, 1.807) is 42.5 Å². The summed E-state index contributed by atoms with van der Waals surface area (Å²) >= 11 is 18.0. The number of fused-ring (bicyclic) bond motifs is 2. The quantitative estimate of drug-likeness (QED) is 0.143. The molecule has 2 aliphatic heterocycles. The first-order chi connectivity index (χ1) is 28.4. The zero-order chi connectivity index (χ0) is 43.1. The molecule has 0 amide bonds. The summed E-state index contributed by atoms with van der Waals surface area (Å²) in [6, 6.07) is 21.6. The number of hydrogen-bond acceptors (Lipinski definition) is 10. The molecule has 0 bridgehead atoms. The van der Waals surface area contributed by atoms with Gasteiger partial charge in [-0.15, -0.1) is 0 Å². The maximum atomic E-state index is 13.0. The number of hydrogen-bond donors (Lipinski definition) is 2. The monoisotopic (exact) mass is 916 g/mol. The Hall–Kier alpha value is -4.81. The van der Waals surface area contributed by atoms with E-state index >= 15 is 0 Å². The Labute approximate surface area is 361 Å². The lowest BCUT2D eigenvalue weighted by Gasteiger charge is -2.36. The minimum atomic E-state index is -3.76. The lowest BCUT2D eigenvalue weighted by Crippen LogP contribution is -2.49. The van der Waals surface area contributed by atoms with Crippen molar-refractivity contribution in [1.29, 1.82) is 0 Å². The maximum Gasteiger partial charge on any atom is 0.371 e. The average molecular weight is 918 g/mol. The molecule has 2 aliphatic rings. The summed E-state index contributed by atoms with van der Waals surface area (Å²) in [5.74, 6) is -2.51. The molecular weight excluding hydrogens is 879 g/mol. The zero-order valence-electron chi connectivity index (χ0n) is 32.3. The molecular formula is C41H39Cl3N4O10S2. The van der Waals surface area contributed by atoms with Gasteiger partial charge in [0.1, 0.15) is 16.1 Å². The second kappa shape index (κ2) is 17.3. The summed E-state index contributed by atoms with van der Waals surface area (Å²) in [7, 11) is -7.20. The van der Waals surface area contributed by atoms with Crippen molar-refractivity contribution in [1.82, 2.24) is 8.61 Å². The van der Waals surface area contributed by atoms with Gasteiger partial charge in [0.2, 0.25) is 31.6 Å². The molecule has 8 rings (SSSR count). The number of sulfonamides is 2. The smallest absolute Gasteiger partial charge is 0.371 e. The van der Waals surface area contributed by atoms with Gasteiger partial charge in [0.15, 0.2) is 0 Å². The fraction of sp³-hybridized carbons (Fsp3) is 0.268. The fourth-order valence-electron chi connectivity index (χ4n) is 7.49. The lowest BCUT2D eigenvalue weighted by atomic mass is 10.1. The maximum absolute atomic E-state index is 13.0. The summed E-state index contributed by atoms with van der Waals surface area (Å²) in [6.07, 6.45) is 0. The minimum absolute atomic E-state index is 0.00214. The van der Waals surface area contributed by atoms with Crippen molar-refractivity contribution in [2.45, 2.75) is 24.5 Å². The van der Waals surface area contributed by atoms with Crippen LogP contribution in [-0.2, 0) is 25.8 Å². The number of carboxylic acid groups (broad SMARTS) is 2. The molecule has 2 N–H and O–H groups in total. The predicted octanol–water partition coefficient (Wildman–Crippen LogP) is 8.00. The predicted molar refractivity (Wildman–Crippen MR) is 231 cm³/mol. The molecule has 14 nitrogen and oxygen atoms in total. The van der Waals surface area contributed by atoms with Crippen molar-refractivity contribution in [2.75, 3.05) is 62.2 Å². The second-order valence-electron chi connectivity index (χ2n) is 14.3. The first kappa shape index (κ1) is 43.3. The van der Waals surface area contributed by atoms with E-state index in [2.05, 4.69) is 9.80 Å². The largest absolute Gasteiger partial charge is 0.475 e. The summed E-state index contributed by atoms with van der Waals surface area (Å²) < 4.78 is 65.3. The van der Waals surface area contributed by atoms with E-state index in [1.807, 2.05) is 26.0 Å². The van der Waals surface area contributed by atoms with E-state index in [-0.39, 0.29) is 40.3 Å². The highest BCUT2D eigenvalue weighted by molar-refractivity contribution is 7.89. The van der Waals surface area contributed by atoms with Gasteiger partial charge in [0.25, 0.3) is 0 Å². The standard InChI is InChI=1S/C21H21ClN2O5S.C20H18Cl2N2O5S/c1-14-17-12-20(21(25)26)29-19(17)6-5-18(14)23-7-9-24(10-8-23)30(27,28)13-15-3-2-4-16(22)11-15;1-12-14-11-18(20(25)26)29-17(14)5-4-16(12)23-6-8-24(9-7-23)30(27,28)19-10-13(21)2-3-15(19)22/h2-6,11-12H,7-10,13H2,1H3,(H,25,26);2-5,10-11H,6-9H2,1H3,(H,25,26). The van der Waals surface area contributed by atoms with Crippen LogP contribution in [0.3, 0.4) is 0 Å². The van der Waals surface area contributed by atoms with Crippen molar-refractivity contribution in [3.8, 4) is 0 Å². The molecule has 2 saturated heterocycles. The Morgan fingerprint density at radius 3 is 1.58 bits per heavy atom. The zero-order valence-corrected chi connectivity index (χ0v) is 36.2. The molecule has 0 saturated carbocycles. The van der Waals surface area contributed by atoms with Crippen LogP contribution in [0.25, 0.3) is 21.9 Å². The number of aromatic carboxylic acids is 2. The molecule has 19 heteroatoms. The number of halogens is 3. The Bertz CT molecular complexity index is 2850. The van der Waals surface area contributed by atoms with E-state index in [0.29, 0.717) is 66.0 Å². The molecule has 0 spiro atoms. The van der Waals surface area contributed by atoms with Crippen molar-refractivity contribution in [2.24, 2.45) is 0 Å². The van der Waals surface area contributed by atoms with Crippen LogP contribution in [0.1, 0.15) is 37.8 Å². The Kier molecular flexibility index (Phi) is 12.5. The third-order valence-corrected chi connectivity index (χ3v) is 15.3. The van der Waals surface area contributed by atoms with Crippen molar-refractivity contribution in [3.63, 3.8) is 0 Å². The van der Waals surface area contributed by atoms with Crippen LogP contribution in [-0.4, -0.2) is 100.0 Å². The average Bonchev–Trinajstić information content (AvgIpc) is 3.86. The van der Waals surface area contributed by atoms with Crippen LogP contribution in [0.4, 0.5) is 11.4 Å². The number of aryl methyl sites for hydroxylation is 2. The van der Waals surface area contributed by atoms with Crippen LogP contribution < -0.4 is 9.80 Å². The molecule has 0 unspecified atom stereocenters. The van der Waals surface area contributed by atoms with Gasteiger partial charge in [0, 0.05) is 84.6 Å². The van der Waals surface area contributed by atoms with Gasteiger partial charge in [-0.2, -0.15) is 8.61 Å². The number of carbonyl (C=O) groups is 2. The van der Waals surface area contributed by atoms with Gasteiger partial charge < -0.3 is 28.8 Å². The molecule has 2 aromatic heterocycles. The van der Waals surface area contributed by atoms with Gasteiger partial charge >= 0.3 is 11.9 Å². The van der Waals surface area contributed by atoms with Crippen LogP contribution in [0, 0.1) is 13.8 Å². The topological polar surface area (TPSA) is 182 Å². The van der Waals surface area contributed by atoms with E-state index < -0.39 is 32.0 Å². The number of anilines is 2. The number of piperazine rings is 2. The summed E-state index contributed by atoms with van der Waals surface area (Å²) in [4.78, 5) is 26.5. The highest BCUT2D eigenvalue weighted by Gasteiger charge is 2.32. The van der Waals surface area contributed by atoms with Crippen LogP contribution >= 0.6 is 34.8 Å². The van der Waals surface area contributed by atoms with Crippen LogP contribution in [0.5, 0.6) is 0 Å². The Morgan fingerprint density at radius 1 is 0.617 bits per heavy atom. The van der Waals surface area contributed by atoms with Crippen molar-refractivity contribution >= 4 is 100 Å². The van der Waals surface area contributed by atoms with E-state index in [9.17, 15) is 26.4 Å². The van der Waals surface area contributed by atoms with Crippen LogP contribution in [0.2, 0.25) is 15.1 Å². The fourth-order valence-corrected chi connectivity index (χ4v) is 11.4. The molecule has 2 fully saturated rings. The van der Waals surface area contributed by atoms with E-state index in [0.717, 1.165) is 33.3 Å². The summed E-state index contributed by atoms with van der Waals surface area (Å²) in [5, 5.41) is 20.7. The Balaban J connectivity index is 0.000000181. The number of rotatable bonds is 9. The van der Waals surface area contributed by atoms with Gasteiger partial charge in [-0.3, -0.25) is 0 Å². The molecule has 0 aliphatic carbocycles. The number of furan rings is 2. The first-order valence-electron chi connectivity index (χ1n) is 18.6.